The second kappa shape index (κ2) is 8.10. The van der Waals surface area contributed by atoms with E-state index in [2.05, 4.69) is 0 Å². The van der Waals surface area contributed by atoms with Crippen molar-refractivity contribution in [2.75, 3.05) is 0 Å². The van der Waals surface area contributed by atoms with Gasteiger partial charge in [-0.3, -0.25) is 5.41 Å². The SMILES string of the molecule is Cc1ccc(CCn2c(=N)n(Cc3ccc(C)cc3)c3cc(C(F)(F)F)ccc32)cc1. The fourth-order valence-corrected chi connectivity index (χ4v) is 3.78. The number of halogens is 3. The molecule has 3 aromatic carbocycles. The Labute approximate surface area is 178 Å². The molecule has 1 N–H and O–H groups in total. The molecule has 31 heavy (non-hydrogen) atoms. The van der Waals surface area contributed by atoms with Crippen molar-refractivity contribution >= 4 is 11.0 Å². The van der Waals surface area contributed by atoms with Crippen molar-refractivity contribution in [3.05, 3.63) is 100 Å². The van der Waals surface area contributed by atoms with Crippen molar-refractivity contribution in [3.8, 4) is 0 Å². The van der Waals surface area contributed by atoms with Gasteiger partial charge in [-0.15, -0.1) is 0 Å². The van der Waals surface area contributed by atoms with E-state index in [4.69, 9.17) is 5.41 Å². The van der Waals surface area contributed by atoms with Crippen molar-refractivity contribution in [1.82, 2.24) is 9.13 Å². The Morgan fingerprint density at radius 3 is 1.90 bits per heavy atom. The van der Waals surface area contributed by atoms with E-state index < -0.39 is 11.7 Å². The number of nitrogens with one attached hydrogen (secondary N) is 1. The van der Waals surface area contributed by atoms with Crippen LogP contribution in [0.15, 0.2) is 66.7 Å². The number of hydrogen-bond acceptors (Lipinski definition) is 1. The highest BCUT2D eigenvalue weighted by atomic mass is 19.4. The van der Waals surface area contributed by atoms with Gasteiger partial charge in [-0.25, -0.2) is 0 Å². The van der Waals surface area contributed by atoms with E-state index in [1.165, 1.54) is 11.6 Å². The lowest BCUT2D eigenvalue weighted by Crippen LogP contribution is -2.25. The van der Waals surface area contributed by atoms with Gasteiger partial charge in [0.2, 0.25) is 5.62 Å². The van der Waals surface area contributed by atoms with Crippen LogP contribution in [0.5, 0.6) is 0 Å². The van der Waals surface area contributed by atoms with E-state index >= 15 is 0 Å². The normalized spacial score (nSPS) is 11.9. The summed E-state index contributed by atoms with van der Waals surface area (Å²) in [6.45, 7) is 4.87. The molecule has 0 saturated carbocycles. The maximum Gasteiger partial charge on any atom is 0.416 e. The van der Waals surface area contributed by atoms with E-state index in [-0.39, 0.29) is 5.62 Å². The first-order valence-electron chi connectivity index (χ1n) is 10.2. The molecule has 0 saturated heterocycles. The summed E-state index contributed by atoms with van der Waals surface area (Å²) in [6, 6.07) is 19.8. The molecule has 0 aliphatic rings. The molecular weight excluding hydrogens is 399 g/mol. The number of hydrogen-bond donors (Lipinski definition) is 1. The Bertz CT molecular complexity index is 1260. The van der Waals surface area contributed by atoms with Crippen molar-refractivity contribution < 1.29 is 13.2 Å². The zero-order valence-electron chi connectivity index (χ0n) is 17.5. The molecule has 0 radical (unpaired) electrons. The highest BCUT2D eigenvalue weighted by molar-refractivity contribution is 5.77. The highest BCUT2D eigenvalue weighted by Crippen LogP contribution is 2.31. The molecule has 160 valence electrons. The predicted molar refractivity (Wildman–Crippen MR) is 116 cm³/mol. The Hall–Kier alpha value is -3.28. The summed E-state index contributed by atoms with van der Waals surface area (Å²) in [4.78, 5) is 0. The second-order valence-corrected chi connectivity index (χ2v) is 7.98. The summed E-state index contributed by atoms with van der Waals surface area (Å²) in [7, 11) is 0. The van der Waals surface area contributed by atoms with Crippen LogP contribution >= 0.6 is 0 Å². The Balaban J connectivity index is 1.77. The number of benzene rings is 3. The predicted octanol–water partition coefficient (Wildman–Crippen LogP) is 5.85. The van der Waals surface area contributed by atoms with Crippen LogP contribution in [0.2, 0.25) is 0 Å². The Morgan fingerprint density at radius 1 is 0.742 bits per heavy atom. The molecule has 0 fully saturated rings. The van der Waals surface area contributed by atoms with E-state index in [0.29, 0.717) is 30.5 Å². The van der Waals surface area contributed by atoms with E-state index in [1.54, 1.807) is 9.13 Å². The fraction of sp³-hybridized carbons (Fsp3) is 0.240. The minimum absolute atomic E-state index is 0.196. The lowest BCUT2D eigenvalue weighted by atomic mass is 10.1. The fourth-order valence-electron chi connectivity index (χ4n) is 3.78. The third-order valence-corrected chi connectivity index (χ3v) is 5.60. The summed E-state index contributed by atoms with van der Waals surface area (Å²) in [5, 5.41) is 8.74. The van der Waals surface area contributed by atoms with E-state index in [1.807, 2.05) is 62.4 Å². The van der Waals surface area contributed by atoms with Crippen LogP contribution in [0, 0.1) is 19.3 Å². The number of aryl methyl sites for hydroxylation is 4. The molecule has 3 nitrogen and oxygen atoms in total. The molecule has 1 heterocycles. The van der Waals surface area contributed by atoms with Gasteiger partial charge in [0.1, 0.15) is 0 Å². The number of nitrogens with zero attached hydrogens (tertiary/aromatic N) is 2. The first kappa shape index (κ1) is 21.0. The van der Waals surface area contributed by atoms with Crippen molar-refractivity contribution in [1.29, 1.82) is 5.41 Å². The average molecular weight is 423 g/mol. The number of rotatable bonds is 5. The molecule has 4 aromatic rings. The molecule has 4 rings (SSSR count). The van der Waals surface area contributed by atoms with Crippen LogP contribution in [0.1, 0.15) is 27.8 Å². The number of alkyl halides is 3. The van der Waals surface area contributed by atoms with Gasteiger partial charge in [-0.05, 0) is 49.6 Å². The Morgan fingerprint density at radius 2 is 1.32 bits per heavy atom. The summed E-state index contributed by atoms with van der Waals surface area (Å²) < 4.78 is 43.5. The molecule has 0 atom stereocenters. The van der Waals surface area contributed by atoms with E-state index in [9.17, 15) is 13.2 Å². The topological polar surface area (TPSA) is 33.7 Å². The van der Waals surface area contributed by atoms with Gasteiger partial charge in [0, 0.05) is 6.54 Å². The Kier molecular flexibility index (Phi) is 5.48. The lowest BCUT2D eigenvalue weighted by molar-refractivity contribution is -0.137. The van der Waals surface area contributed by atoms with Crippen molar-refractivity contribution in [2.24, 2.45) is 0 Å². The molecule has 6 heteroatoms. The van der Waals surface area contributed by atoms with Gasteiger partial charge in [0.05, 0.1) is 23.1 Å². The van der Waals surface area contributed by atoms with Crippen LogP contribution in [-0.2, 0) is 25.7 Å². The number of aromatic nitrogens is 2. The summed E-state index contributed by atoms with van der Waals surface area (Å²) in [6.07, 6.45) is -3.73. The molecule has 0 amide bonds. The van der Waals surface area contributed by atoms with Crippen LogP contribution in [0.3, 0.4) is 0 Å². The first-order valence-corrected chi connectivity index (χ1v) is 10.2. The smallest absolute Gasteiger partial charge is 0.310 e. The molecular formula is C25H24F3N3. The quantitative estimate of drug-likeness (QED) is 0.418. The van der Waals surface area contributed by atoms with Crippen LogP contribution < -0.4 is 5.62 Å². The van der Waals surface area contributed by atoms with Gasteiger partial charge in [0.15, 0.2) is 0 Å². The monoisotopic (exact) mass is 423 g/mol. The molecule has 0 unspecified atom stereocenters. The summed E-state index contributed by atoms with van der Waals surface area (Å²) in [5.41, 5.74) is 4.91. The average Bonchev–Trinajstić information content (AvgIpc) is 2.99. The molecule has 0 spiro atoms. The van der Waals surface area contributed by atoms with Crippen LogP contribution in [0.4, 0.5) is 13.2 Å². The van der Waals surface area contributed by atoms with Crippen LogP contribution in [-0.4, -0.2) is 9.13 Å². The number of fused-ring (bicyclic) bond motifs is 1. The summed E-state index contributed by atoms with van der Waals surface area (Å²) in [5.74, 6) is 0. The van der Waals surface area contributed by atoms with Gasteiger partial charge >= 0.3 is 6.18 Å². The minimum Gasteiger partial charge on any atom is -0.310 e. The van der Waals surface area contributed by atoms with Gasteiger partial charge < -0.3 is 9.13 Å². The minimum atomic E-state index is -4.43. The molecule has 1 aromatic heterocycles. The highest BCUT2D eigenvalue weighted by Gasteiger charge is 2.31. The molecule has 0 aliphatic heterocycles. The van der Waals surface area contributed by atoms with Crippen molar-refractivity contribution in [2.45, 2.75) is 39.5 Å². The standard InChI is InChI=1S/C25H24F3N3/c1-17-3-7-19(8-4-17)13-14-30-22-12-11-21(25(26,27)28)15-23(22)31(24(30)29)16-20-9-5-18(2)6-10-20/h3-12,15,29H,13-14,16H2,1-2H3. The molecule has 0 aliphatic carbocycles. The van der Waals surface area contributed by atoms with E-state index in [0.717, 1.165) is 28.8 Å². The lowest BCUT2D eigenvalue weighted by Gasteiger charge is -2.09. The van der Waals surface area contributed by atoms with Gasteiger partial charge in [-0.2, -0.15) is 13.2 Å². The first-order chi connectivity index (χ1) is 14.7. The third-order valence-electron chi connectivity index (χ3n) is 5.60. The maximum atomic E-state index is 13.4. The third kappa shape index (κ3) is 4.43. The van der Waals surface area contributed by atoms with Crippen LogP contribution in [0.25, 0.3) is 11.0 Å². The summed E-state index contributed by atoms with van der Waals surface area (Å²) >= 11 is 0. The van der Waals surface area contributed by atoms with Crippen molar-refractivity contribution in [3.63, 3.8) is 0 Å². The number of imidazole rings is 1. The van der Waals surface area contributed by atoms with Gasteiger partial charge in [0.25, 0.3) is 0 Å². The zero-order chi connectivity index (χ0) is 22.2. The maximum absolute atomic E-state index is 13.4. The zero-order valence-corrected chi connectivity index (χ0v) is 17.5. The van der Waals surface area contributed by atoms with Gasteiger partial charge in [-0.1, -0.05) is 59.7 Å². The second-order valence-electron chi connectivity index (χ2n) is 7.98. The largest absolute Gasteiger partial charge is 0.416 e. The molecule has 0 bridgehead atoms.